The van der Waals surface area contributed by atoms with Crippen molar-refractivity contribution in [2.24, 2.45) is 17.3 Å². The minimum absolute atomic E-state index is 0. The summed E-state index contributed by atoms with van der Waals surface area (Å²) < 4.78 is 17.5. The predicted octanol–water partition coefficient (Wildman–Crippen LogP) is 4.67. The van der Waals surface area contributed by atoms with Gasteiger partial charge in [-0.25, -0.2) is 0 Å². The number of benzene rings is 1. The van der Waals surface area contributed by atoms with Gasteiger partial charge in [0.25, 0.3) is 0 Å². The Balaban J connectivity index is 0.00000127. The van der Waals surface area contributed by atoms with Crippen LogP contribution >= 0.6 is 40.5 Å². The van der Waals surface area contributed by atoms with Crippen LogP contribution in [-0.4, -0.2) is 47.5 Å². The van der Waals surface area contributed by atoms with Crippen molar-refractivity contribution in [3.05, 3.63) is 41.0 Å². The van der Waals surface area contributed by atoms with Crippen LogP contribution in [-0.2, 0) is 9.47 Å². The van der Waals surface area contributed by atoms with E-state index in [2.05, 4.69) is 25.0 Å². The van der Waals surface area contributed by atoms with Crippen LogP contribution in [0.2, 0.25) is 0 Å². The molecule has 0 radical (unpaired) electrons. The number of hydrogen-bond acceptors (Lipinski definition) is 5. The molecule has 6 atom stereocenters. The van der Waals surface area contributed by atoms with E-state index in [1.165, 1.54) is 16.7 Å². The van der Waals surface area contributed by atoms with Gasteiger partial charge in [0.15, 0.2) is 5.79 Å². The van der Waals surface area contributed by atoms with Crippen LogP contribution in [0.15, 0.2) is 35.4 Å². The topological polar surface area (TPSA) is 68.2 Å². The highest BCUT2D eigenvalue weighted by Gasteiger charge is 2.64. The lowest BCUT2D eigenvalue weighted by Gasteiger charge is -2.57. The van der Waals surface area contributed by atoms with Crippen LogP contribution in [0.1, 0.15) is 69.8 Å². The Labute approximate surface area is 242 Å². The van der Waals surface area contributed by atoms with Gasteiger partial charge >= 0.3 is 0 Å². The van der Waals surface area contributed by atoms with Gasteiger partial charge in [-0.05, 0) is 73.6 Å². The zero-order valence-electron chi connectivity index (χ0n) is 21.8. The highest BCUT2D eigenvalue weighted by molar-refractivity contribution is 7.59. The fourth-order valence-electron chi connectivity index (χ4n) is 8.39. The van der Waals surface area contributed by atoms with E-state index in [9.17, 15) is 10.2 Å². The van der Waals surface area contributed by atoms with Gasteiger partial charge in [0.05, 0.1) is 25.9 Å². The van der Waals surface area contributed by atoms with Gasteiger partial charge in [-0.1, -0.05) is 30.6 Å². The molecule has 3 saturated carbocycles. The zero-order valence-corrected chi connectivity index (χ0v) is 24.8. The maximum absolute atomic E-state index is 12.0. The predicted molar refractivity (Wildman–Crippen MR) is 159 cm³/mol. The first kappa shape index (κ1) is 30.7. The summed E-state index contributed by atoms with van der Waals surface area (Å²) in [7, 11) is 1.68. The Morgan fingerprint density at radius 1 is 1.00 bits per heavy atom. The third-order valence-electron chi connectivity index (χ3n) is 10.1. The van der Waals surface area contributed by atoms with Crippen LogP contribution in [0.5, 0.6) is 5.75 Å². The van der Waals surface area contributed by atoms with Crippen LogP contribution in [0.4, 0.5) is 0 Å². The summed E-state index contributed by atoms with van der Waals surface area (Å²) >= 11 is 0. The second-order valence-electron chi connectivity index (χ2n) is 11.5. The highest BCUT2D eigenvalue weighted by Crippen LogP contribution is 2.67. The minimum Gasteiger partial charge on any atom is -0.497 e. The lowest BCUT2D eigenvalue weighted by atomic mass is 9.49. The highest BCUT2D eigenvalue weighted by atomic mass is 32.1. The monoisotopic (exact) mass is 566 g/mol. The van der Waals surface area contributed by atoms with Gasteiger partial charge in [0.2, 0.25) is 0 Å². The van der Waals surface area contributed by atoms with Gasteiger partial charge < -0.3 is 24.4 Å². The number of aliphatic hydroxyl groups is 2. The molecule has 8 heteroatoms. The van der Waals surface area contributed by atoms with E-state index in [0.29, 0.717) is 44.3 Å². The fourth-order valence-corrected chi connectivity index (χ4v) is 8.39. The molecule has 4 fully saturated rings. The van der Waals surface area contributed by atoms with E-state index < -0.39 is 17.0 Å². The van der Waals surface area contributed by atoms with Gasteiger partial charge in [-0.2, -0.15) is 40.5 Å². The minimum atomic E-state index is -1.09. The molecule has 1 heterocycles. The summed E-state index contributed by atoms with van der Waals surface area (Å²) in [5.74, 6) is 3.74. The Morgan fingerprint density at radius 2 is 1.68 bits per heavy atom. The molecule has 37 heavy (non-hydrogen) atoms. The normalized spacial score (nSPS) is 39.2. The van der Waals surface area contributed by atoms with Gasteiger partial charge in [0.1, 0.15) is 11.4 Å². The zero-order chi connectivity index (χ0) is 23.8. The molecule has 6 rings (SSSR count). The molecule has 5 nitrogen and oxygen atoms in total. The van der Waals surface area contributed by atoms with E-state index >= 15 is 0 Å². The number of ether oxygens (including phenoxy) is 3. The Kier molecular flexibility index (Phi) is 8.85. The molecule has 5 aliphatic rings. The number of allylic oxidation sites excluding steroid dienone is 1. The molecule has 0 amide bonds. The van der Waals surface area contributed by atoms with E-state index in [-0.39, 0.29) is 51.8 Å². The van der Waals surface area contributed by atoms with Crippen molar-refractivity contribution in [2.45, 2.75) is 81.2 Å². The first-order chi connectivity index (χ1) is 16.3. The maximum Gasteiger partial charge on any atom is 0.171 e. The second kappa shape index (κ2) is 10.6. The maximum atomic E-state index is 12.0. The average molecular weight is 567 g/mol. The summed E-state index contributed by atoms with van der Waals surface area (Å²) in [5, 5.41) is 23.6. The van der Waals surface area contributed by atoms with E-state index in [1.54, 1.807) is 7.11 Å². The molecule has 1 aromatic rings. The van der Waals surface area contributed by atoms with Crippen molar-refractivity contribution in [2.75, 3.05) is 20.3 Å². The second-order valence-corrected chi connectivity index (χ2v) is 11.5. The molecular weight excluding hydrogens is 525 g/mol. The standard InChI is InChI=1S/C29H36O5.3H2S/c1-4-28(31)13-10-23-21-9-12-27(30)18-29(33-15-16-34-29)14-11-24(27)25(21)22(17-26(23,28)2)19-5-7-20(32-3)8-6-19;;;/h1,5-8,21-23,30-31H,9-18H2,2-3H3;3*1H2/t21-,22+,23-,26-,27+,28-;;;/m0.../s1. The summed E-state index contributed by atoms with van der Waals surface area (Å²) in [5.41, 5.74) is 1.46. The van der Waals surface area contributed by atoms with Gasteiger partial charge in [-0.15, -0.1) is 6.42 Å². The average Bonchev–Trinajstić information content (AvgIpc) is 3.39. The summed E-state index contributed by atoms with van der Waals surface area (Å²) in [6, 6.07) is 8.31. The van der Waals surface area contributed by atoms with E-state index in [4.69, 9.17) is 20.6 Å². The molecule has 0 bridgehead atoms. The molecule has 1 aliphatic heterocycles. The lowest BCUT2D eigenvalue weighted by Crippen LogP contribution is -2.55. The Bertz CT molecular complexity index is 1060. The molecule has 0 unspecified atom stereocenters. The number of terminal acetylenes is 1. The van der Waals surface area contributed by atoms with E-state index in [1.807, 2.05) is 12.1 Å². The third-order valence-corrected chi connectivity index (χ3v) is 10.1. The smallest absolute Gasteiger partial charge is 0.171 e. The summed E-state index contributed by atoms with van der Waals surface area (Å²) in [6.07, 6.45) is 12.0. The SMILES string of the molecule is C#C[C@]1(O)CC[C@H]2[C@@H]3CC[C@@]4(O)CC5(CCC4=C3[C@@H](c3ccc(OC)cc3)C[C@@]21C)OCCO5.S.S.S. The largest absolute Gasteiger partial charge is 0.497 e. The third kappa shape index (κ3) is 4.47. The van der Waals surface area contributed by atoms with E-state index in [0.717, 1.165) is 37.9 Å². The van der Waals surface area contributed by atoms with Crippen LogP contribution in [0, 0.1) is 29.6 Å². The Hall–Kier alpha value is -0.790. The quantitative estimate of drug-likeness (QED) is 0.403. The van der Waals surface area contributed by atoms with Crippen LogP contribution < -0.4 is 4.74 Å². The first-order valence-electron chi connectivity index (χ1n) is 12.8. The summed E-state index contributed by atoms with van der Waals surface area (Å²) in [4.78, 5) is 0. The van der Waals surface area contributed by atoms with Crippen molar-refractivity contribution < 1.29 is 24.4 Å². The molecule has 206 valence electrons. The molecule has 4 aliphatic carbocycles. The number of fused-ring (bicyclic) bond motifs is 4. The molecule has 0 aromatic heterocycles. The number of rotatable bonds is 2. The van der Waals surface area contributed by atoms with Crippen molar-refractivity contribution in [1.29, 1.82) is 0 Å². The van der Waals surface area contributed by atoms with Crippen molar-refractivity contribution >= 4 is 40.5 Å². The van der Waals surface area contributed by atoms with Crippen LogP contribution in [0.3, 0.4) is 0 Å². The van der Waals surface area contributed by atoms with Gasteiger partial charge in [0, 0.05) is 24.2 Å². The summed E-state index contributed by atoms with van der Waals surface area (Å²) in [6.45, 7) is 3.41. The van der Waals surface area contributed by atoms with Crippen molar-refractivity contribution in [3.8, 4) is 18.1 Å². The van der Waals surface area contributed by atoms with Gasteiger partial charge in [-0.3, -0.25) is 0 Å². The number of hydrogen-bond donors (Lipinski definition) is 2. The molecule has 1 spiro atoms. The molecule has 1 saturated heterocycles. The molecular formula is C29H42O5S3. The number of methoxy groups -OCH3 is 1. The Morgan fingerprint density at radius 3 is 2.30 bits per heavy atom. The first-order valence-corrected chi connectivity index (χ1v) is 12.8. The van der Waals surface area contributed by atoms with Crippen molar-refractivity contribution in [3.63, 3.8) is 0 Å². The van der Waals surface area contributed by atoms with Crippen molar-refractivity contribution in [1.82, 2.24) is 0 Å². The lowest BCUT2D eigenvalue weighted by molar-refractivity contribution is -0.208. The molecule has 2 N–H and O–H groups in total. The fraction of sp³-hybridized carbons (Fsp3) is 0.655. The molecule has 1 aromatic carbocycles. The van der Waals surface area contributed by atoms with Crippen LogP contribution in [0.25, 0.3) is 0 Å².